The van der Waals surface area contributed by atoms with Crippen LogP contribution >= 0.6 is 11.3 Å². The van der Waals surface area contributed by atoms with Crippen molar-refractivity contribution in [1.29, 1.82) is 0 Å². The Bertz CT molecular complexity index is 684. The van der Waals surface area contributed by atoms with Gasteiger partial charge in [0.2, 0.25) is 0 Å². The molecule has 2 rings (SSSR count). The van der Waals surface area contributed by atoms with Gasteiger partial charge in [0.25, 0.3) is 11.8 Å². The van der Waals surface area contributed by atoms with E-state index in [0.717, 1.165) is 0 Å². The summed E-state index contributed by atoms with van der Waals surface area (Å²) in [6, 6.07) is 5.29. The molecule has 1 heterocycles. The van der Waals surface area contributed by atoms with Crippen LogP contribution in [0.1, 0.15) is 27.8 Å². The minimum absolute atomic E-state index is 0.187. The second kappa shape index (κ2) is 6.65. The quantitative estimate of drug-likeness (QED) is 0.870. The van der Waals surface area contributed by atoms with Gasteiger partial charge in [-0.25, -0.2) is 9.37 Å². The van der Waals surface area contributed by atoms with Crippen molar-refractivity contribution in [2.45, 2.75) is 6.92 Å². The average Bonchev–Trinajstić information content (AvgIpc) is 3.02. The summed E-state index contributed by atoms with van der Waals surface area (Å²) in [5.74, 6) is -0.895. The van der Waals surface area contributed by atoms with Gasteiger partial charge in [0.05, 0.1) is 0 Å². The number of halogens is 1. The molecule has 0 unspecified atom stereocenters. The molecule has 0 aliphatic heterocycles. The van der Waals surface area contributed by atoms with E-state index in [2.05, 4.69) is 4.98 Å². The molecule has 0 bridgehead atoms. The molecule has 0 N–H and O–H groups in total. The van der Waals surface area contributed by atoms with Crippen LogP contribution in [-0.2, 0) is 0 Å². The first-order chi connectivity index (χ1) is 10.4. The fourth-order valence-electron chi connectivity index (χ4n) is 1.73. The predicted molar refractivity (Wildman–Crippen MR) is 83.9 cm³/mol. The van der Waals surface area contributed by atoms with Crippen LogP contribution in [0.4, 0.5) is 9.52 Å². The zero-order chi connectivity index (χ0) is 16.3. The Morgan fingerprint density at radius 3 is 2.41 bits per heavy atom. The molecule has 0 spiro atoms. The lowest BCUT2D eigenvalue weighted by molar-refractivity contribution is 0.0797. The standard InChI is InChI=1S/C15H16FN3O2S/c1-4-18(2)14(21)12-9-22-15(17-12)19(3)13(20)10-5-7-11(16)8-6-10/h5-9H,4H2,1-3H3. The fourth-order valence-corrected chi connectivity index (χ4v) is 2.49. The van der Waals surface area contributed by atoms with E-state index in [4.69, 9.17) is 0 Å². The second-order valence-electron chi connectivity index (χ2n) is 4.71. The molecule has 5 nitrogen and oxygen atoms in total. The van der Waals surface area contributed by atoms with Crippen molar-refractivity contribution in [3.8, 4) is 0 Å². The van der Waals surface area contributed by atoms with Crippen molar-refractivity contribution in [3.63, 3.8) is 0 Å². The molecule has 0 atom stereocenters. The smallest absolute Gasteiger partial charge is 0.273 e. The molecule has 0 radical (unpaired) electrons. The first-order valence-corrected chi connectivity index (χ1v) is 7.56. The van der Waals surface area contributed by atoms with E-state index in [1.165, 1.54) is 40.5 Å². The van der Waals surface area contributed by atoms with Crippen LogP contribution in [0.15, 0.2) is 29.6 Å². The Morgan fingerprint density at radius 2 is 1.82 bits per heavy atom. The highest BCUT2D eigenvalue weighted by molar-refractivity contribution is 7.14. The normalized spacial score (nSPS) is 10.4. The van der Waals surface area contributed by atoms with Gasteiger partial charge in [-0.1, -0.05) is 0 Å². The molecular formula is C15H16FN3O2S. The molecule has 22 heavy (non-hydrogen) atoms. The summed E-state index contributed by atoms with van der Waals surface area (Å²) in [6.07, 6.45) is 0. The molecule has 2 amide bonds. The van der Waals surface area contributed by atoms with Crippen LogP contribution in [0.3, 0.4) is 0 Å². The first kappa shape index (κ1) is 16.1. The van der Waals surface area contributed by atoms with Crippen molar-refractivity contribution in [2.75, 3.05) is 25.5 Å². The van der Waals surface area contributed by atoms with Crippen molar-refractivity contribution in [2.24, 2.45) is 0 Å². The average molecular weight is 321 g/mol. The maximum Gasteiger partial charge on any atom is 0.273 e. The fraction of sp³-hybridized carbons (Fsp3) is 0.267. The minimum Gasteiger partial charge on any atom is -0.341 e. The molecule has 1 aromatic heterocycles. The molecule has 7 heteroatoms. The lowest BCUT2D eigenvalue weighted by Gasteiger charge is -2.14. The van der Waals surface area contributed by atoms with E-state index in [0.29, 0.717) is 22.9 Å². The molecule has 0 aliphatic rings. The monoisotopic (exact) mass is 321 g/mol. The second-order valence-corrected chi connectivity index (χ2v) is 5.54. The van der Waals surface area contributed by atoms with Crippen molar-refractivity contribution in [1.82, 2.24) is 9.88 Å². The van der Waals surface area contributed by atoms with Crippen molar-refractivity contribution < 1.29 is 14.0 Å². The third-order valence-corrected chi connectivity index (χ3v) is 4.13. The summed E-state index contributed by atoms with van der Waals surface area (Å²) in [4.78, 5) is 31.4. The zero-order valence-electron chi connectivity index (χ0n) is 12.5. The highest BCUT2D eigenvalue weighted by atomic mass is 32.1. The Labute approximate surface area is 132 Å². The van der Waals surface area contributed by atoms with Gasteiger partial charge in [-0.15, -0.1) is 11.3 Å². The molecule has 116 valence electrons. The first-order valence-electron chi connectivity index (χ1n) is 6.68. The van der Waals surface area contributed by atoms with Crippen LogP contribution in [0.2, 0.25) is 0 Å². The topological polar surface area (TPSA) is 53.5 Å². The molecule has 2 aromatic rings. The number of hydrogen-bond donors (Lipinski definition) is 0. The summed E-state index contributed by atoms with van der Waals surface area (Å²) in [7, 11) is 3.26. The number of hydrogen-bond acceptors (Lipinski definition) is 4. The number of amides is 2. The molecular weight excluding hydrogens is 305 g/mol. The molecule has 0 fully saturated rings. The minimum atomic E-state index is -0.399. The van der Waals surface area contributed by atoms with Gasteiger partial charge in [0, 0.05) is 31.6 Å². The Morgan fingerprint density at radius 1 is 1.18 bits per heavy atom. The largest absolute Gasteiger partial charge is 0.341 e. The molecule has 1 aromatic carbocycles. The number of carbonyl (C=O) groups is 2. The van der Waals surface area contributed by atoms with Crippen LogP contribution < -0.4 is 4.90 Å². The Balaban J connectivity index is 2.18. The van der Waals surface area contributed by atoms with Gasteiger partial charge in [0.15, 0.2) is 5.13 Å². The number of benzene rings is 1. The summed E-state index contributed by atoms with van der Waals surface area (Å²) < 4.78 is 12.9. The zero-order valence-corrected chi connectivity index (χ0v) is 13.4. The number of nitrogens with zero attached hydrogens (tertiary/aromatic N) is 3. The molecule has 0 saturated heterocycles. The third-order valence-electron chi connectivity index (χ3n) is 3.21. The van der Waals surface area contributed by atoms with Crippen LogP contribution in [-0.4, -0.2) is 42.3 Å². The highest BCUT2D eigenvalue weighted by Gasteiger charge is 2.20. The maximum absolute atomic E-state index is 12.9. The van der Waals surface area contributed by atoms with Gasteiger partial charge in [-0.3, -0.25) is 14.5 Å². The number of anilines is 1. The van der Waals surface area contributed by atoms with E-state index in [9.17, 15) is 14.0 Å². The number of carbonyl (C=O) groups excluding carboxylic acids is 2. The van der Waals surface area contributed by atoms with Crippen LogP contribution in [0, 0.1) is 5.82 Å². The van der Waals surface area contributed by atoms with E-state index in [1.807, 2.05) is 6.92 Å². The summed E-state index contributed by atoms with van der Waals surface area (Å²) in [6.45, 7) is 2.45. The third kappa shape index (κ3) is 3.30. The number of thiazole rings is 1. The van der Waals surface area contributed by atoms with Crippen molar-refractivity contribution in [3.05, 3.63) is 46.7 Å². The van der Waals surface area contributed by atoms with E-state index in [1.54, 1.807) is 24.4 Å². The Hall–Kier alpha value is -2.28. The summed E-state index contributed by atoms with van der Waals surface area (Å²) in [5.41, 5.74) is 0.667. The summed E-state index contributed by atoms with van der Waals surface area (Å²) >= 11 is 1.21. The van der Waals surface area contributed by atoms with Gasteiger partial charge < -0.3 is 4.90 Å². The lowest BCUT2D eigenvalue weighted by atomic mass is 10.2. The number of aromatic nitrogens is 1. The van der Waals surface area contributed by atoms with Crippen LogP contribution in [0.5, 0.6) is 0 Å². The number of rotatable bonds is 4. The van der Waals surface area contributed by atoms with Gasteiger partial charge in [0.1, 0.15) is 11.5 Å². The maximum atomic E-state index is 12.9. The van der Waals surface area contributed by atoms with Crippen molar-refractivity contribution >= 4 is 28.3 Å². The molecule has 0 saturated carbocycles. The molecule has 0 aliphatic carbocycles. The van der Waals surface area contributed by atoms with E-state index < -0.39 is 5.82 Å². The van der Waals surface area contributed by atoms with E-state index >= 15 is 0 Å². The van der Waals surface area contributed by atoms with Crippen LogP contribution in [0.25, 0.3) is 0 Å². The van der Waals surface area contributed by atoms with Gasteiger partial charge >= 0.3 is 0 Å². The Kier molecular flexibility index (Phi) is 4.87. The SMILES string of the molecule is CCN(C)C(=O)c1csc(N(C)C(=O)c2ccc(F)cc2)n1. The van der Waals surface area contributed by atoms with Gasteiger partial charge in [-0.2, -0.15) is 0 Å². The lowest BCUT2D eigenvalue weighted by Crippen LogP contribution is -2.28. The highest BCUT2D eigenvalue weighted by Crippen LogP contribution is 2.22. The summed E-state index contributed by atoms with van der Waals surface area (Å²) in [5, 5.41) is 2.04. The van der Waals surface area contributed by atoms with Gasteiger partial charge in [-0.05, 0) is 31.2 Å². The van der Waals surface area contributed by atoms with E-state index in [-0.39, 0.29) is 11.8 Å². The predicted octanol–water partition coefficient (Wildman–Crippen LogP) is 2.65.